The average Bonchev–Trinajstić information content (AvgIpc) is 2.08. The van der Waals surface area contributed by atoms with Crippen LogP contribution in [0.3, 0.4) is 0 Å². The maximum absolute atomic E-state index is 4.41. The Bertz CT molecular complexity index is 277. The van der Waals surface area contributed by atoms with Crippen LogP contribution in [0.5, 0.6) is 0 Å². The summed E-state index contributed by atoms with van der Waals surface area (Å²) < 4.78 is 0. The van der Waals surface area contributed by atoms with E-state index < -0.39 is 0 Å². The van der Waals surface area contributed by atoms with Crippen molar-refractivity contribution < 1.29 is 0 Å². The van der Waals surface area contributed by atoms with Crippen molar-refractivity contribution in [2.75, 3.05) is 0 Å². The molecule has 2 heteroatoms. The fourth-order valence-corrected chi connectivity index (χ4v) is 1.26. The molecule has 0 fully saturated rings. The number of hydrogen-bond donors (Lipinski definition) is 1. The highest BCUT2D eigenvalue weighted by molar-refractivity contribution is 7.82. The summed E-state index contributed by atoms with van der Waals surface area (Å²) in [6.07, 6.45) is 8.03. The van der Waals surface area contributed by atoms with Gasteiger partial charge in [0.1, 0.15) is 4.87 Å². The Morgan fingerprint density at radius 3 is 2.54 bits per heavy atom. The van der Waals surface area contributed by atoms with Crippen molar-refractivity contribution in [1.29, 1.82) is 0 Å². The molecule has 1 unspecified atom stereocenters. The van der Waals surface area contributed by atoms with Crippen molar-refractivity contribution in [1.82, 2.24) is 0 Å². The molecule has 72 valence electrons. The number of allylic oxidation sites excluding steroid dienone is 3. The number of rotatable bonds is 0. The van der Waals surface area contributed by atoms with Gasteiger partial charge in [0.2, 0.25) is 0 Å². The summed E-state index contributed by atoms with van der Waals surface area (Å²) in [5.74, 6) is 0. The molecule has 0 aromatic heterocycles. The van der Waals surface area contributed by atoms with Gasteiger partial charge in [0, 0.05) is 6.21 Å². The van der Waals surface area contributed by atoms with Gasteiger partial charge in [0.15, 0.2) is 0 Å². The third kappa shape index (κ3) is 3.03. The smallest absolute Gasteiger partial charge is 0.119 e. The van der Waals surface area contributed by atoms with Crippen molar-refractivity contribution in [2.45, 2.75) is 32.6 Å². The molecule has 1 aliphatic rings. The highest BCUT2D eigenvalue weighted by Gasteiger charge is 2.18. The van der Waals surface area contributed by atoms with Gasteiger partial charge in [-0.1, -0.05) is 26.8 Å². The van der Waals surface area contributed by atoms with E-state index in [4.69, 9.17) is 0 Å². The molecular weight excluding hydrogens is 178 g/mol. The first-order valence-corrected chi connectivity index (χ1v) is 4.94. The topological polar surface area (TPSA) is 12.4 Å². The zero-order chi connectivity index (χ0) is 10.1. The van der Waals surface area contributed by atoms with E-state index in [1.807, 2.05) is 19.2 Å². The van der Waals surface area contributed by atoms with Crippen LogP contribution in [0.25, 0.3) is 0 Å². The quantitative estimate of drug-likeness (QED) is 0.570. The Morgan fingerprint density at radius 1 is 1.38 bits per heavy atom. The van der Waals surface area contributed by atoms with Crippen LogP contribution in [0.2, 0.25) is 0 Å². The largest absolute Gasteiger partial charge is 0.272 e. The summed E-state index contributed by atoms with van der Waals surface area (Å²) in [4.78, 5) is 3.94. The van der Waals surface area contributed by atoms with E-state index in [0.717, 1.165) is 0 Å². The molecule has 0 bridgehead atoms. The van der Waals surface area contributed by atoms with Crippen LogP contribution in [0, 0.1) is 5.41 Å². The van der Waals surface area contributed by atoms with Crippen molar-refractivity contribution in [3.8, 4) is 0 Å². The van der Waals surface area contributed by atoms with E-state index in [-0.39, 0.29) is 10.3 Å². The van der Waals surface area contributed by atoms with Gasteiger partial charge in [-0.15, -0.1) is 12.6 Å². The van der Waals surface area contributed by atoms with Gasteiger partial charge in [0.25, 0.3) is 0 Å². The lowest BCUT2D eigenvalue weighted by molar-refractivity contribution is 0.517. The lowest BCUT2D eigenvalue weighted by atomic mass is 9.86. The molecule has 1 heterocycles. The van der Waals surface area contributed by atoms with Crippen molar-refractivity contribution in [3.05, 3.63) is 23.8 Å². The second-order valence-electron chi connectivity index (χ2n) is 4.58. The Kier molecular flexibility index (Phi) is 2.71. The molecule has 1 nitrogen and oxygen atoms in total. The fraction of sp³-hybridized carbons (Fsp3) is 0.545. The standard InChI is InChI=1S/C11H17NS/c1-10(2,3)9-5-7-11(4,13)12-8-6-9/h5-8,13H,1-4H3. The van der Waals surface area contributed by atoms with Gasteiger partial charge in [-0.2, -0.15) is 0 Å². The third-order valence-electron chi connectivity index (χ3n) is 2.03. The van der Waals surface area contributed by atoms with E-state index in [0.29, 0.717) is 0 Å². The number of nitrogens with zero attached hydrogens (tertiary/aromatic N) is 1. The second-order valence-corrected chi connectivity index (χ2v) is 5.48. The minimum Gasteiger partial charge on any atom is -0.272 e. The van der Waals surface area contributed by atoms with Gasteiger partial charge in [-0.05, 0) is 30.1 Å². The molecule has 0 aliphatic carbocycles. The van der Waals surface area contributed by atoms with Crippen LogP contribution in [-0.2, 0) is 0 Å². The fourth-order valence-electron chi connectivity index (χ4n) is 1.11. The van der Waals surface area contributed by atoms with Crippen molar-refractivity contribution >= 4 is 18.8 Å². The lowest BCUT2D eigenvalue weighted by Crippen LogP contribution is -2.09. The predicted molar refractivity (Wildman–Crippen MR) is 62.6 cm³/mol. The molecule has 0 N–H and O–H groups in total. The molecule has 0 saturated heterocycles. The minimum absolute atomic E-state index is 0.177. The molecule has 13 heavy (non-hydrogen) atoms. The van der Waals surface area contributed by atoms with Crippen LogP contribution in [0.4, 0.5) is 0 Å². The Hall–Kier alpha value is -0.500. The van der Waals surface area contributed by atoms with Crippen LogP contribution in [-0.4, -0.2) is 11.1 Å². The van der Waals surface area contributed by atoms with Crippen LogP contribution < -0.4 is 0 Å². The van der Waals surface area contributed by atoms with Crippen LogP contribution in [0.15, 0.2) is 28.8 Å². The van der Waals surface area contributed by atoms with E-state index in [1.165, 1.54) is 5.57 Å². The Morgan fingerprint density at radius 2 is 2.00 bits per heavy atom. The molecule has 0 aromatic carbocycles. The normalized spacial score (nSPS) is 28.5. The van der Waals surface area contributed by atoms with Gasteiger partial charge in [-0.25, -0.2) is 0 Å². The monoisotopic (exact) mass is 195 g/mol. The predicted octanol–water partition coefficient (Wildman–Crippen LogP) is 3.25. The Balaban J connectivity index is 2.96. The lowest BCUT2D eigenvalue weighted by Gasteiger charge is -2.19. The summed E-state index contributed by atoms with van der Waals surface area (Å²) in [5.41, 5.74) is 1.46. The molecule has 1 atom stereocenters. The Labute approximate surface area is 86.1 Å². The number of hydrogen-bond acceptors (Lipinski definition) is 2. The van der Waals surface area contributed by atoms with E-state index in [1.54, 1.807) is 0 Å². The molecule has 0 amide bonds. The first kappa shape index (κ1) is 10.6. The van der Waals surface area contributed by atoms with Gasteiger partial charge in [-0.3, -0.25) is 4.99 Å². The summed E-state index contributed by atoms with van der Waals surface area (Å²) in [6.45, 7) is 8.55. The van der Waals surface area contributed by atoms with E-state index in [2.05, 4.69) is 50.5 Å². The minimum atomic E-state index is -0.358. The van der Waals surface area contributed by atoms with Gasteiger partial charge in [0.05, 0.1) is 0 Å². The number of aliphatic imine (C=N–C) groups is 1. The molecule has 0 aromatic rings. The zero-order valence-electron chi connectivity index (χ0n) is 8.70. The summed E-state index contributed by atoms with van der Waals surface area (Å²) in [7, 11) is 0. The summed E-state index contributed by atoms with van der Waals surface area (Å²) >= 11 is 4.41. The van der Waals surface area contributed by atoms with Crippen LogP contribution >= 0.6 is 12.6 Å². The second kappa shape index (κ2) is 3.33. The first-order chi connectivity index (χ1) is 5.81. The average molecular weight is 195 g/mol. The third-order valence-corrected chi connectivity index (χ3v) is 2.30. The SMILES string of the molecule is CC1(S)C=CC(C(C)(C)C)=CC=N1. The first-order valence-electron chi connectivity index (χ1n) is 4.49. The molecule has 0 spiro atoms. The van der Waals surface area contributed by atoms with Crippen molar-refractivity contribution in [3.63, 3.8) is 0 Å². The van der Waals surface area contributed by atoms with E-state index in [9.17, 15) is 0 Å². The molecule has 1 aliphatic heterocycles. The molecular formula is C11H17NS. The van der Waals surface area contributed by atoms with Crippen LogP contribution in [0.1, 0.15) is 27.7 Å². The maximum Gasteiger partial charge on any atom is 0.119 e. The van der Waals surface area contributed by atoms with Gasteiger partial charge < -0.3 is 0 Å². The molecule has 0 radical (unpaired) electrons. The van der Waals surface area contributed by atoms with Gasteiger partial charge >= 0.3 is 0 Å². The molecule has 1 rings (SSSR count). The summed E-state index contributed by atoms with van der Waals surface area (Å²) in [5, 5.41) is 0. The zero-order valence-corrected chi connectivity index (χ0v) is 9.60. The summed E-state index contributed by atoms with van der Waals surface area (Å²) in [6, 6.07) is 0. The number of thiol groups is 1. The molecule has 0 saturated carbocycles. The highest BCUT2D eigenvalue weighted by atomic mass is 32.1. The maximum atomic E-state index is 4.41. The van der Waals surface area contributed by atoms with Crippen molar-refractivity contribution in [2.24, 2.45) is 10.4 Å². The van der Waals surface area contributed by atoms with E-state index >= 15 is 0 Å². The highest BCUT2D eigenvalue weighted by Crippen LogP contribution is 2.29.